The van der Waals surface area contributed by atoms with Crippen LogP contribution in [0.1, 0.15) is 29.5 Å². The molecule has 3 N–H and O–H groups in total. The summed E-state index contributed by atoms with van der Waals surface area (Å²) in [5.41, 5.74) is 5.10. The first-order valence-corrected chi connectivity index (χ1v) is 10.1. The van der Waals surface area contributed by atoms with Gasteiger partial charge in [-0.05, 0) is 60.9 Å². The van der Waals surface area contributed by atoms with E-state index in [4.69, 9.17) is 4.74 Å². The van der Waals surface area contributed by atoms with E-state index in [1.54, 1.807) is 0 Å². The quantitative estimate of drug-likeness (QED) is 0.546. The van der Waals surface area contributed by atoms with Gasteiger partial charge in [-0.1, -0.05) is 30.3 Å². The third-order valence-electron chi connectivity index (χ3n) is 5.35. The predicted molar refractivity (Wildman–Crippen MR) is 112 cm³/mol. The van der Waals surface area contributed by atoms with E-state index in [1.165, 1.54) is 34.9 Å². The number of carbonyl (C=O) groups excluding carboxylic acids is 1. The third-order valence-corrected chi connectivity index (χ3v) is 5.35. The molecular weight excluding hydrogens is 350 g/mol. The number of para-hydroxylation sites is 1. The van der Waals surface area contributed by atoms with Gasteiger partial charge in [-0.3, -0.25) is 0 Å². The van der Waals surface area contributed by atoms with E-state index in [0.29, 0.717) is 19.7 Å². The molecule has 1 aromatic heterocycles. The minimum atomic E-state index is -0.154. The Morgan fingerprint density at radius 2 is 1.86 bits per heavy atom. The summed E-state index contributed by atoms with van der Waals surface area (Å²) in [4.78, 5) is 15.3. The van der Waals surface area contributed by atoms with Crippen LogP contribution in [0.3, 0.4) is 0 Å². The fraction of sp³-hybridized carbons (Fsp3) is 0.348. The maximum absolute atomic E-state index is 12.0. The van der Waals surface area contributed by atoms with Crippen molar-refractivity contribution in [3.8, 4) is 5.75 Å². The third kappa shape index (κ3) is 4.30. The van der Waals surface area contributed by atoms with Gasteiger partial charge in [0.05, 0.1) is 6.54 Å². The van der Waals surface area contributed by atoms with E-state index < -0.39 is 0 Å². The smallest absolute Gasteiger partial charge is 0.314 e. The molecule has 28 heavy (non-hydrogen) atoms. The Balaban J connectivity index is 1.17. The lowest BCUT2D eigenvalue weighted by atomic mass is 9.91. The number of H-pyrrole nitrogens is 1. The van der Waals surface area contributed by atoms with Gasteiger partial charge in [0.25, 0.3) is 0 Å². The summed E-state index contributed by atoms with van der Waals surface area (Å²) in [6.45, 7) is 1.57. The number of carbonyl (C=O) groups is 1. The van der Waals surface area contributed by atoms with Gasteiger partial charge in [-0.2, -0.15) is 0 Å². The summed E-state index contributed by atoms with van der Waals surface area (Å²) < 4.78 is 5.92. The molecule has 2 aromatic carbocycles. The largest absolute Gasteiger partial charge is 0.491 e. The minimum Gasteiger partial charge on any atom is -0.491 e. The second-order valence-electron chi connectivity index (χ2n) is 7.24. The molecule has 0 unspecified atom stereocenters. The molecule has 0 atom stereocenters. The average Bonchev–Trinajstić information content (AvgIpc) is 3.14. The maximum atomic E-state index is 12.0. The second-order valence-corrected chi connectivity index (χ2v) is 7.24. The van der Waals surface area contributed by atoms with Crippen molar-refractivity contribution >= 4 is 16.9 Å². The fourth-order valence-corrected chi connectivity index (χ4v) is 3.92. The molecule has 0 spiro atoms. The lowest BCUT2D eigenvalue weighted by molar-refractivity contribution is 0.236. The van der Waals surface area contributed by atoms with Crippen LogP contribution in [0.2, 0.25) is 0 Å². The summed E-state index contributed by atoms with van der Waals surface area (Å²) in [6, 6.07) is 14.3. The van der Waals surface area contributed by atoms with E-state index in [-0.39, 0.29) is 6.03 Å². The zero-order valence-corrected chi connectivity index (χ0v) is 16.1. The van der Waals surface area contributed by atoms with Gasteiger partial charge < -0.3 is 20.4 Å². The van der Waals surface area contributed by atoms with Gasteiger partial charge in [0.15, 0.2) is 0 Å². The van der Waals surface area contributed by atoms with Crippen LogP contribution in [0, 0.1) is 0 Å². The Bertz CT molecular complexity index is 948. The molecule has 0 radical (unpaired) electrons. The number of aromatic amines is 1. The van der Waals surface area contributed by atoms with E-state index in [1.807, 2.05) is 24.4 Å². The van der Waals surface area contributed by atoms with E-state index in [2.05, 4.69) is 39.9 Å². The van der Waals surface area contributed by atoms with Crippen molar-refractivity contribution < 1.29 is 9.53 Å². The Morgan fingerprint density at radius 1 is 1.00 bits per heavy atom. The molecule has 0 saturated carbocycles. The van der Waals surface area contributed by atoms with Crippen molar-refractivity contribution in [3.05, 3.63) is 65.4 Å². The Kier molecular flexibility index (Phi) is 5.80. The summed E-state index contributed by atoms with van der Waals surface area (Å²) in [5, 5.41) is 6.99. The second kappa shape index (κ2) is 8.83. The van der Waals surface area contributed by atoms with Crippen LogP contribution in [-0.2, 0) is 19.3 Å². The van der Waals surface area contributed by atoms with Crippen LogP contribution in [0.25, 0.3) is 10.9 Å². The van der Waals surface area contributed by atoms with E-state index in [0.717, 1.165) is 30.5 Å². The number of fused-ring (bicyclic) bond motifs is 2. The first-order valence-electron chi connectivity index (χ1n) is 10.1. The summed E-state index contributed by atoms with van der Waals surface area (Å²) >= 11 is 0. The van der Waals surface area contributed by atoms with Crippen molar-refractivity contribution in [3.63, 3.8) is 0 Å². The van der Waals surface area contributed by atoms with Crippen molar-refractivity contribution in [1.29, 1.82) is 0 Å². The molecule has 146 valence electrons. The van der Waals surface area contributed by atoms with Crippen molar-refractivity contribution in [2.45, 2.75) is 32.1 Å². The molecule has 5 heteroatoms. The van der Waals surface area contributed by atoms with Gasteiger partial charge in [-0.15, -0.1) is 0 Å². The van der Waals surface area contributed by atoms with Crippen LogP contribution in [0.4, 0.5) is 4.79 Å². The number of amides is 2. The topological polar surface area (TPSA) is 66.2 Å². The molecule has 2 amide bonds. The van der Waals surface area contributed by atoms with Crippen LogP contribution in [0.15, 0.2) is 48.7 Å². The SMILES string of the molecule is O=C(NCCOc1cccc2c1CCCC2)NCCc1c[nH]c2ccccc12. The molecule has 1 aliphatic carbocycles. The number of nitrogens with one attached hydrogen (secondary N) is 3. The molecular formula is C23H27N3O2. The van der Waals surface area contributed by atoms with Gasteiger partial charge >= 0.3 is 6.03 Å². The van der Waals surface area contributed by atoms with E-state index in [9.17, 15) is 4.79 Å². The van der Waals surface area contributed by atoms with Crippen LogP contribution in [0.5, 0.6) is 5.75 Å². The molecule has 1 aliphatic rings. The highest BCUT2D eigenvalue weighted by molar-refractivity contribution is 5.83. The van der Waals surface area contributed by atoms with Crippen molar-refractivity contribution in [1.82, 2.24) is 15.6 Å². The molecule has 0 aliphatic heterocycles. The van der Waals surface area contributed by atoms with Gasteiger partial charge in [0, 0.05) is 23.6 Å². The first kappa shape index (κ1) is 18.4. The fourth-order valence-electron chi connectivity index (χ4n) is 3.92. The van der Waals surface area contributed by atoms with Gasteiger partial charge in [-0.25, -0.2) is 4.79 Å². The molecule has 5 nitrogen and oxygen atoms in total. The zero-order valence-electron chi connectivity index (χ0n) is 16.1. The highest BCUT2D eigenvalue weighted by atomic mass is 16.5. The minimum absolute atomic E-state index is 0.154. The number of hydrogen-bond acceptors (Lipinski definition) is 2. The predicted octanol–water partition coefficient (Wildman–Crippen LogP) is 3.97. The lowest BCUT2D eigenvalue weighted by Gasteiger charge is -2.19. The first-order chi connectivity index (χ1) is 13.8. The van der Waals surface area contributed by atoms with E-state index >= 15 is 0 Å². The Hall–Kier alpha value is -2.95. The molecule has 0 fully saturated rings. The highest BCUT2D eigenvalue weighted by Gasteiger charge is 2.13. The van der Waals surface area contributed by atoms with Crippen molar-refractivity contribution in [2.24, 2.45) is 0 Å². The summed E-state index contributed by atoms with van der Waals surface area (Å²) in [6.07, 6.45) is 7.53. The maximum Gasteiger partial charge on any atom is 0.314 e. The number of hydrogen-bond donors (Lipinski definition) is 3. The average molecular weight is 377 g/mol. The molecule has 4 rings (SSSR count). The monoisotopic (exact) mass is 377 g/mol. The van der Waals surface area contributed by atoms with Crippen molar-refractivity contribution in [2.75, 3.05) is 19.7 Å². The number of aromatic nitrogens is 1. The van der Waals surface area contributed by atoms with Gasteiger partial charge in [0.1, 0.15) is 12.4 Å². The summed E-state index contributed by atoms with van der Waals surface area (Å²) in [7, 11) is 0. The molecule has 0 bridgehead atoms. The summed E-state index contributed by atoms with van der Waals surface area (Å²) in [5.74, 6) is 0.971. The number of benzene rings is 2. The van der Waals surface area contributed by atoms with Crippen LogP contribution >= 0.6 is 0 Å². The Labute approximate surface area is 165 Å². The number of urea groups is 1. The number of aryl methyl sites for hydroxylation is 1. The number of rotatable bonds is 7. The zero-order chi connectivity index (χ0) is 19.2. The van der Waals surface area contributed by atoms with Gasteiger partial charge in [0.2, 0.25) is 0 Å². The lowest BCUT2D eigenvalue weighted by Crippen LogP contribution is -2.38. The van der Waals surface area contributed by atoms with Crippen LogP contribution < -0.4 is 15.4 Å². The highest BCUT2D eigenvalue weighted by Crippen LogP contribution is 2.29. The standard InChI is InChI=1S/C23H27N3O2/c27-23(24-13-12-18-16-26-21-10-4-3-8-19(18)21)25-14-15-28-22-11-5-7-17-6-1-2-9-20(17)22/h3-5,7-8,10-11,16,26H,1-2,6,9,12-15H2,(H2,24,25,27). The van der Waals surface area contributed by atoms with Crippen LogP contribution in [-0.4, -0.2) is 30.7 Å². The number of ether oxygens (including phenoxy) is 1. The molecule has 3 aromatic rings. The molecule has 0 saturated heterocycles. The Morgan fingerprint density at radius 3 is 2.82 bits per heavy atom. The molecule has 1 heterocycles. The normalized spacial score (nSPS) is 13.1.